The third-order valence-electron chi connectivity index (χ3n) is 4.07. The molecule has 0 fully saturated rings. The zero-order valence-electron chi connectivity index (χ0n) is 15.6. The minimum atomic E-state index is -0.592. The SMILES string of the molecule is COc1cc(/C=C2\C(=O)N(c3cccc(Br)c3)N=C2C)c(Br)cc1OCC(N)=O. The lowest BCUT2D eigenvalue weighted by Gasteiger charge is -2.13. The molecule has 2 aromatic rings. The lowest BCUT2D eigenvalue weighted by atomic mass is 10.1. The number of amides is 2. The Kier molecular flexibility index (Phi) is 6.39. The predicted octanol–water partition coefficient (Wildman–Crippen LogP) is 3.89. The van der Waals surface area contributed by atoms with E-state index in [1.807, 2.05) is 24.3 Å². The van der Waals surface area contributed by atoms with Crippen LogP contribution in [0, 0.1) is 0 Å². The van der Waals surface area contributed by atoms with E-state index >= 15 is 0 Å². The maximum absolute atomic E-state index is 12.9. The Morgan fingerprint density at radius 1 is 1.24 bits per heavy atom. The molecule has 0 spiro atoms. The predicted molar refractivity (Wildman–Crippen MR) is 118 cm³/mol. The van der Waals surface area contributed by atoms with Crippen molar-refractivity contribution in [1.82, 2.24) is 0 Å². The van der Waals surface area contributed by atoms with Crippen molar-refractivity contribution in [3.05, 3.63) is 56.5 Å². The molecule has 0 radical (unpaired) electrons. The minimum absolute atomic E-state index is 0.236. The standard InChI is InChI=1S/C20H17Br2N3O4/c1-11-15(20(27)25(24-11)14-5-3-4-13(21)8-14)6-12-7-17(28-2)18(9-16(12)22)29-10-19(23)26/h3-9H,10H2,1-2H3,(H2,23,26)/b15-6-. The molecule has 1 heterocycles. The van der Waals surface area contributed by atoms with Gasteiger partial charge in [-0.1, -0.05) is 37.9 Å². The van der Waals surface area contributed by atoms with E-state index < -0.39 is 5.91 Å². The molecule has 2 amide bonds. The van der Waals surface area contributed by atoms with Gasteiger partial charge < -0.3 is 15.2 Å². The van der Waals surface area contributed by atoms with Gasteiger partial charge >= 0.3 is 0 Å². The Morgan fingerprint density at radius 2 is 2.00 bits per heavy atom. The number of primary amides is 1. The summed E-state index contributed by atoms with van der Waals surface area (Å²) >= 11 is 6.87. The highest BCUT2D eigenvalue weighted by Gasteiger charge is 2.29. The molecule has 1 aliphatic heterocycles. The molecule has 0 aliphatic carbocycles. The van der Waals surface area contributed by atoms with Gasteiger partial charge in [-0.15, -0.1) is 0 Å². The van der Waals surface area contributed by atoms with E-state index in [1.54, 1.807) is 25.1 Å². The monoisotopic (exact) mass is 521 g/mol. The normalized spacial score (nSPS) is 14.9. The molecular formula is C20H17Br2N3O4. The van der Waals surface area contributed by atoms with Crippen molar-refractivity contribution >= 4 is 61.1 Å². The number of nitrogens with two attached hydrogens (primary N) is 1. The summed E-state index contributed by atoms with van der Waals surface area (Å²) in [5.41, 5.74) is 7.54. The first kappa shape index (κ1) is 21.1. The van der Waals surface area contributed by atoms with Gasteiger partial charge in [0.2, 0.25) is 0 Å². The van der Waals surface area contributed by atoms with E-state index in [2.05, 4.69) is 37.0 Å². The van der Waals surface area contributed by atoms with Crippen molar-refractivity contribution in [2.45, 2.75) is 6.92 Å². The number of carbonyl (C=O) groups excluding carboxylic acids is 2. The van der Waals surface area contributed by atoms with Crippen LogP contribution in [-0.4, -0.2) is 31.2 Å². The molecule has 3 rings (SSSR count). The van der Waals surface area contributed by atoms with Crippen molar-refractivity contribution in [2.75, 3.05) is 18.7 Å². The summed E-state index contributed by atoms with van der Waals surface area (Å²) in [4.78, 5) is 23.9. The van der Waals surface area contributed by atoms with Crippen LogP contribution in [0.2, 0.25) is 0 Å². The van der Waals surface area contributed by atoms with Crippen LogP contribution >= 0.6 is 31.9 Å². The maximum atomic E-state index is 12.9. The number of hydrogen-bond donors (Lipinski definition) is 1. The fraction of sp³-hybridized carbons (Fsp3) is 0.150. The number of carbonyl (C=O) groups is 2. The maximum Gasteiger partial charge on any atom is 0.280 e. The van der Waals surface area contributed by atoms with Gasteiger partial charge in [0.1, 0.15) is 0 Å². The molecule has 0 atom stereocenters. The Morgan fingerprint density at radius 3 is 2.66 bits per heavy atom. The van der Waals surface area contributed by atoms with Gasteiger partial charge in [-0.2, -0.15) is 10.1 Å². The van der Waals surface area contributed by atoms with Crippen LogP contribution in [0.4, 0.5) is 5.69 Å². The van der Waals surface area contributed by atoms with Crippen molar-refractivity contribution < 1.29 is 19.1 Å². The number of hydrogen-bond acceptors (Lipinski definition) is 5. The highest BCUT2D eigenvalue weighted by Crippen LogP contribution is 2.35. The summed E-state index contributed by atoms with van der Waals surface area (Å²) < 4.78 is 12.2. The Labute approximate surface area is 184 Å². The summed E-state index contributed by atoms with van der Waals surface area (Å²) in [7, 11) is 1.49. The summed E-state index contributed by atoms with van der Waals surface area (Å²) in [6.45, 7) is 1.51. The number of hydrazone groups is 1. The largest absolute Gasteiger partial charge is 0.493 e. The molecule has 2 N–H and O–H groups in total. The number of methoxy groups -OCH3 is 1. The van der Waals surface area contributed by atoms with E-state index in [0.717, 1.165) is 4.47 Å². The fourth-order valence-electron chi connectivity index (χ4n) is 2.71. The number of anilines is 1. The summed E-state index contributed by atoms with van der Waals surface area (Å²) in [5.74, 6) is -0.0599. The third-order valence-corrected chi connectivity index (χ3v) is 5.25. The topological polar surface area (TPSA) is 94.2 Å². The molecule has 1 aliphatic rings. The Bertz CT molecular complexity index is 1050. The highest BCUT2D eigenvalue weighted by atomic mass is 79.9. The number of rotatable bonds is 6. The Hall–Kier alpha value is -2.65. The van der Waals surface area contributed by atoms with Gasteiger partial charge in [0.05, 0.1) is 24.1 Å². The van der Waals surface area contributed by atoms with Gasteiger partial charge in [-0.05, 0) is 48.9 Å². The van der Waals surface area contributed by atoms with E-state index in [4.69, 9.17) is 15.2 Å². The zero-order chi connectivity index (χ0) is 21.1. The van der Waals surface area contributed by atoms with Gasteiger partial charge in [0.25, 0.3) is 11.8 Å². The molecule has 0 unspecified atom stereocenters. The Balaban J connectivity index is 1.94. The second-order valence-corrected chi connectivity index (χ2v) is 7.89. The van der Waals surface area contributed by atoms with Crippen molar-refractivity contribution in [3.8, 4) is 11.5 Å². The quantitative estimate of drug-likeness (QED) is 0.582. The minimum Gasteiger partial charge on any atom is -0.493 e. The molecule has 0 saturated carbocycles. The number of ether oxygens (including phenoxy) is 2. The van der Waals surface area contributed by atoms with Crippen LogP contribution in [0.3, 0.4) is 0 Å². The van der Waals surface area contributed by atoms with Crippen LogP contribution < -0.4 is 20.2 Å². The van der Waals surface area contributed by atoms with Crippen molar-refractivity contribution in [1.29, 1.82) is 0 Å². The first-order valence-electron chi connectivity index (χ1n) is 8.46. The first-order valence-corrected chi connectivity index (χ1v) is 10.0. The van der Waals surface area contributed by atoms with Crippen molar-refractivity contribution in [2.24, 2.45) is 10.8 Å². The molecule has 150 valence electrons. The van der Waals surface area contributed by atoms with Crippen LogP contribution in [0.5, 0.6) is 11.5 Å². The first-order chi connectivity index (χ1) is 13.8. The van der Waals surface area contributed by atoms with E-state index in [9.17, 15) is 9.59 Å². The summed E-state index contributed by atoms with van der Waals surface area (Å²) in [6, 6.07) is 10.7. The molecule has 2 aromatic carbocycles. The number of halogens is 2. The number of benzene rings is 2. The summed E-state index contributed by atoms with van der Waals surface area (Å²) in [5, 5.41) is 5.75. The van der Waals surface area contributed by atoms with Gasteiger partial charge in [0.15, 0.2) is 18.1 Å². The highest BCUT2D eigenvalue weighted by molar-refractivity contribution is 9.10. The average molecular weight is 523 g/mol. The molecule has 9 heteroatoms. The lowest BCUT2D eigenvalue weighted by Crippen LogP contribution is -2.21. The van der Waals surface area contributed by atoms with E-state index in [0.29, 0.717) is 38.5 Å². The van der Waals surface area contributed by atoms with Gasteiger partial charge in [0, 0.05) is 8.95 Å². The zero-order valence-corrected chi connectivity index (χ0v) is 18.8. The molecule has 0 saturated heterocycles. The second kappa shape index (κ2) is 8.79. The molecule has 0 aromatic heterocycles. The van der Waals surface area contributed by atoms with E-state index in [1.165, 1.54) is 12.1 Å². The van der Waals surface area contributed by atoms with Crippen LogP contribution in [0.15, 0.2) is 56.0 Å². The average Bonchev–Trinajstić information content (AvgIpc) is 2.96. The van der Waals surface area contributed by atoms with Crippen molar-refractivity contribution in [3.63, 3.8) is 0 Å². The third kappa shape index (κ3) is 4.68. The molecular weight excluding hydrogens is 506 g/mol. The van der Waals surface area contributed by atoms with Crippen LogP contribution in [0.1, 0.15) is 12.5 Å². The van der Waals surface area contributed by atoms with E-state index in [-0.39, 0.29) is 12.5 Å². The summed E-state index contributed by atoms with van der Waals surface area (Å²) in [6.07, 6.45) is 1.73. The smallest absolute Gasteiger partial charge is 0.280 e. The molecule has 0 bridgehead atoms. The molecule has 7 nitrogen and oxygen atoms in total. The van der Waals surface area contributed by atoms with Crippen LogP contribution in [-0.2, 0) is 9.59 Å². The van der Waals surface area contributed by atoms with Gasteiger partial charge in [-0.25, -0.2) is 0 Å². The van der Waals surface area contributed by atoms with Crippen LogP contribution in [0.25, 0.3) is 6.08 Å². The van der Waals surface area contributed by atoms with Gasteiger partial charge in [-0.3, -0.25) is 9.59 Å². The molecule has 29 heavy (non-hydrogen) atoms. The fourth-order valence-corrected chi connectivity index (χ4v) is 3.53. The number of nitrogens with zero attached hydrogens (tertiary/aromatic N) is 2. The lowest BCUT2D eigenvalue weighted by molar-refractivity contribution is -0.120. The second-order valence-electron chi connectivity index (χ2n) is 6.12.